The molecule has 0 aliphatic rings. The summed E-state index contributed by atoms with van der Waals surface area (Å²) in [6.45, 7) is 0.474. The number of methoxy groups -OCH3 is 1. The van der Waals surface area contributed by atoms with E-state index in [0.29, 0.717) is 19.4 Å². The number of benzene rings is 1. The van der Waals surface area contributed by atoms with Gasteiger partial charge in [0.1, 0.15) is 5.75 Å². The SMILES string of the molecule is COc1ccc(CCC(=O)NCc2ccc(-c3cnn(C)c3)nc2)cc1. The summed E-state index contributed by atoms with van der Waals surface area (Å²) in [5.74, 6) is 0.845. The Hall–Kier alpha value is -3.15. The molecule has 2 heterocycles. The third kappa shape index (κ3) is 4.69. The molecule has 0 spiro atoms. The van der Waals surface area contributed by atoms with Gasteiger partial charge < -0.3 is 10.1 Å². The molecule has 0 aliphatic heterocycles. The van der Waals surface area contributed by atoms with Crippen LogP contribution < -0.4 is 10.1 Å². The third-order valence-corrected chi connectivity index (χ3v) is 4.11. The number of amides is 1. The van der Waals surface area contributed by atoms with Crippen molar-refractivity contribution >= 4 is 5.91 Å². The molecule has 134 valence electrons. The van der Waals surface area contributed by atoms with Crippen molar-refractivity contribution in [2.24, 2.45) is 7.05 Å². The largest absolute Gasteiger partial charge is 0.497 e. The molecular formula is C20H22N4O2. The maximum absolute atomic E-state index is 12.0. The molecule has 26 heavy (non-hydrogen) atoms. The monoisotopic (exact) mass is 350 g/mol. The zero-order chi connectivity index (χ0) is 18.4. The van der Waals surface area contributed by atoms with Gasteiger partial charge in [-0.1, -0.05) is 18.2 Å². The lowest BCUT2D eigenvalue weighted by Crippen LogP contribution is -2.23. The van der Waals surface area contributed by atoms with E-state index in [1.807, 2.05) is 49.6 Å². The van der Waals surface area contributed by atoms with Gasteiger partial charge in [0.25, 0.3) is 0 Å². The topological polar surface area (TPSA) is 69.0 Å². The lowest BCUT2D eigenvalue weighted by molar-refractivity contribution is -0.121. The first kappa shape index (κ1) is 17.7. The quantitative estimate of drug-likeness (QED) is 0.711. The van der Waals surface area contributed by atoms with Gasteiger partial charge in [0.2, 0.25) is 5.91 Å². The van der Waals surface area contributed by atoms with E-state index in [9.17, 15) is 4.79 Å². The van der Waals surface area contributed by atoms with Crippen molar-refractivity contribution < 1.29 is 9.53 Å². The highest BCUT2D eigenvalue weighted by Gasteiger charge is 2.05. The van der Waals surface area contributed by atoms with Gasteiger partial charge >= 0.3 is 0 Å². The van der Waals surface area contributed by atoms with E-state index in [2.05, 4.69) is 15.4 Å². The molecule has 1 amide bonds. The van der Waals surface area contributed by atoms with E-state index in [-0.39, 0.29) is 5.91 Å². The van der Waals surface area contributed by atoms with Crippen LogP contribution in [0.2, 0.25) is 0 Å². The Morgan fingerprint density at radius 3 is 2.50 bits per heavy atom. The summed E-state index contributed by atoms with van der Waals surface area (Å²) in [6.07, 6.45) is 6.64. The summed E-state index contributed by atoms with van der Waals surface area (Å²) in [6, 6.07) is 11.7. The second-order valence-corrected chi connectivity index (χ2v) is 6.08. The number of nitrogens with zero attached hydrogens (tertiary/aromatic N) is 3. The highest BCUT2D eigenvalue weighted by atomic mass is 16.5. The number of carbonyl (C=O) groups excluding carboxylic acids is 1. The molecule has 6 heteroatoms. The summed E-state index contributed by atoms with van der Waals surface area (Å²) < 4.78 is 6.87. The van der Waals surface area contributed by atoms with E-state index < -0.39 is 0 Å². The summed E-state index contributed by atoms with van der Waals surface area (Å²) in [5.41, 5.74) is 3.93. The van der Waals surface area contributed by atoms with Gasteiger partial charge in [-0.3, -0.25) is 14.5 Å². The zero-order valence-corrected chi connectivity index (χ0v) is 15.0. The highest BCUT2D eigenvalue weighted by Crippen LogP contribution is 2.16. The van der Waals surface area contributed by atoms with Crippen LogP contribution in [0.3, 0.4) is 0 Å². The van der Waals surface area contributed by atoms with Crippen molar-refractivity contribution in [1.82, 2.24) is 20.1 Å². The minimum absolute atomic E-state index is 0.0251. The van der Waals surface area contributed by atoms with Crippen LogP contribution in [-0.4, -0.2) is 27.8 Å². The molecule has 0 unspecified atom stereocenters. The minimum Gasteiger partial charge on any atom is -0.497 e. The highest BCUT2D eigenvalue weighted by molar-refractivity contribution is 5.76. The van der Waals surface area contributed by atoms with E-state index >= 15 is 0 Å². The fraction of sp³-hybridized carbons (Fsp3) is 0.250. The number of carbonyl (C=O) groups is 1. The van der Waals surface area contributed by atoms with Crippen LogP contribution in [-0.2, 0) is 24.8 Å². The summed E-state index contributed by atoms with van der Waals surface area (Å²) in [7, 11) is 3.51. The van der Waals surface area contributed by atoms with Crippen LogP contribution in [0.1, 0.15) is 17.5 Å². The number of hydrogen-bond donors (Lipinski definition) is 1. The molecule has 0 bridgehead atoms. The van der Waals surface area contributed by atoms with Crippen molar-refractivity contribution in [2.75, 3.05) is 7.11 Å². The molecule has 2 aromatic heterocycles. The standard InChI is InChI=1S/C20H22N4O2/c1-24-14-17(13-23-24)19-9-5-16(11-21-19)12-22-20(25)10-6-15-3-7-18(26-2)8-4-15/h3-5,7-9,11,13-14H,6,10,12H2,1-2H3,(H,22,25). The van der Waals surface area contributed by atoms with Gasteiger partial charge in [-0.15, -0.1) is 0 Å². The normalized spacial score (nSPS) is 10.5. The lowest BCUT2D eigenvalue weighted by Gasteiger charge is -2.06. The fourth-order valence-electron chi connectivity index (χ4n) is 2.59. The molecule has 3 rings (SSSR count). The Morgan fingerprint density at radius 2 is 1.88 bits per heavy atom. The lowest BCUT2D eigenvalue weighted by atomic mass is 10.1. The third-order valence-electron chi connectivity index (χ3n) is 4.11. The van der Waals surface area contributed by atoms with Gasteiger partial charge in [-0.2, -0.15) is 5.10 Å². The average molecular weight is 350 g/mol. The Labute approximate surface area is 152 Å². The van der Waals surface area contributed by atoms with Gasteiger partial charge in [-0.25, -0.2) is 0 Å². The number of aromatic nitrogens is 3. The van der Waals surface area contributed by atoms with Crippen molar-refractivity contribution in [3.63, 3.8) is 0 Å². The van der Waals surface area contributed by atoms with E-state index in [0.717, 1.165) is 28.1 Å². The van der Waals surface area contributed by atoms with Gasteiger partial charge in [0.15, 0.2) is 0 Å². The number of hydrogen-bond acceptors (Lipinski definition) is 4. The molecule has 0 fully saturated rings. The van der Waals surface area contributed by atoms with Gasteiger partial charge in [-0.05, 0) is 35.7 Å². The van der Waals surface area contributed by atoms with E-state index in [1.165, 1.54) is 0 Å². The van der Waals surface area contributed by atoms with Gasteiger partial charge in [0.05, 0.1) is 19.0 Å². The molecule has 0 saturated heterocycles. The van der Waals surface area contributed by atoms with Crippen LogP contribution in [0, 0.1) is 0 Å². The number of ether oxygens (including phenoxy) is 1. The molecule has 1 N–H and O–H groups in total. The van der Waals surface area contributed by atoms with Crippen LogP contribution in [0.25, 0.3) is 11.3 Å². The molecule has 0 saturated carbocycles. The summed E-state index contributed by atoms with van der Waals surface area (Å²) in [4.78, 5) is 16.5. The van der Waals surface area contributed by atoms with Crippen molar-refractivity contribution in [2.45, 2.75) is 19.4 Å². The number of pyridine rings is 1. The first-order valence-corrected chi connectivity index (χ1v) is 8.47. The molecule has 1 aromatic carbocycles. The number of aryl methyl sites for hydroxylation is 2. The van der Waals surface area contributed by atoms with Crippen molar-refractivity contribution in [3.05, 3.63) is 66.1 Å². The predicted molar refractivity (Wildman–Crippen MR) is 99.6 cm³/mol. The van der Waals surface area contributed by atoms with E-state index in [4.69, 9.17) is 4.74 Å². The Morgan fingerprint density at radius 1 is 1.12 bits per heavy atom. The molecule has 0 atom stereocenters. The van der Waals surface area contributed by atoms with Crippen LogP contribution >= 0.6 is 0 Å². The van der Waals surface area contributed by atoms with Crippen LogP contribution in [0.15, 0.2) is 55.0 Å². The second kappa shape index (κ2) is 8.29. The Kier molecular flexibility index (Phi) is 5.63. The Bertz CT molecular complexity index is 854. The fourth-order valence-corrected chi connectivity index (χ4v) is 2.59. The smallest absolute Gasteiger partial charge is 0.220 e. The minimum atomic E-state index is 0.0251. The molecule has 0 aliphatic carbocycles. The van der Waals surface area contributed by atoms with Crippen LogP contribution in [0.4, 0.5) is 0 Å². The summed E-state index contributed by atoms with van der Waals surface area (Å²) >= 11 is 0. The predicted octanol–water partition coefficient (Wildman–Crippen LogP) is 2.74. The summed E-state index contributed by atoms with van der Waals surface area (Å²) in [5, 5.41) is 7.08. The number of nitrogens with one attached hydrogen (secondary N) is 1. The Balaban J connectivity index is 1.46. The maximum Gasteiger partial charge on any atom is 0.220 e. The first-order chi connectivity index (χ1) is 12.6. The first-order valence-electron chi connectivity index (χ1n) is 8.47. The van der Waals surface area contributed by atoms with Crippen molar-refractivity contribution in [3.8, 4) is 17.0 Å². The van der Waals surface area contributed by atoms with Crippen LogP contribution in [0.5, 0.6) is 5.75 Å². The molecule has 0 radical (unpaired) electrons. The molecule has 3 aromatic rings. The zero-order valence-electron chi connectivity index (χ0n) is 15.0. The molecule has 6 nitrogen and oxygen atoms in total. The molecular weight excluding hydrogens is 328 g/mol. The van der Waals surface area contributed by atoms with E-state index in [1.54, 1.807) is 24.2 Å². The maximum atomic E-state index is 12.0. The number of rotatable bonds is 7. The van der Waals surface area contributed by atoms with Gasteiger partial charge in [0, 0.05) is 38.0 Å². The second-order valence-electron chi connectivity index (χ2n) is 6.08. The van der Waals surface area contributed by atoms with Crippen molar-refractivity contribution in [1.29, 1.82) is 0 Å². The average Bonchev–Trinajstić information content (AvgIpc) is 3.12.